The molecular weight excluding hydrogens is 238 g/mol. The molecule has 0 fully saturated rings. The van der Waals surface area contributed by atoms with E-state index in [1.54, 1.807) is 7.11 Å². The number of benzene rings is 1. The molecule has 0 saturated heterocycles. The summed E-state index contributed by atoms with van der Waals surface area (Å²) in [6.07, 6.45) is 1.91. The van der Waals surface area contributed by atoms with Crippen LogP contribution in [0.15, 0.2) is 24.3 Å². The lowest BCUT2D eigenvalue weighted by atomic mass is 9.86. The first kappa shape index (κ1) is 15.3. The molecule has 19 heavy (non-hydrogen) atoms. The first-order chi connectivity index (χ1) is 8.86. The molecule has 0 aliphatic rings. The largest absolute Gasteiger partial charge is 0.497 e. The molecule has 0 radical (unpaired) electrons. The lowest BCUT2D eigenvalue weighted by molar-refractivity contribution is 0.414. The summed E-state index contributed by atoms with van der Waals surface area (Å²) in [6, 6.07) is 8.02. The first-order valence-electron chi connectivity index (χ1n) is 6.56. The summed E-state index contributed by atoms with van der Waals surface area (Å²) in [7, 11) is 3.74. The summed E-state index contributed by atoms with van der Waals surface area (Å²) in [4.78, 5) is 2.19. The molecule has 0 amide bonds. The molecule has 0 bridgehead atoms. The van der Waals surface area contributed by atoms with Crippen LogP contribution in [0, 0.1) is 10.8 Å². The molecule has 0 atom stereocenters. The van der Waals surface area contributed by atoms with Gasteiger partial charge in [-0.15, -0.1) is 0 Å². The van der Waals surface area contributed by atoms with E-state index in [4.69, 9.17) is 15.9 Å². The van der Waals surface area contributed by atoms with Gasteiger partial charge in [-0.1, -0.05) is 19.9 Å². The highest BCUT2D eigenvalue weighted by Crippen LogP contribution is 2.24. The second kappa shape index (κ2) is 6.45. The summed E-state index contributed by atoms with van der Waals surface area (Å²) in [5, 5.41) is 7.55. The predicted molar refractivity (Wildman–Crippen MR) is 81.2 cm³/mol. The second-order valence-electron chi connectivity index (χ2n) is 5.52. The fraction of sp³-hybridized carbons (Fsp3) is 0.533. The van der Waals surface area contributed by atoms with Gasteiger partial charge in [0.2, 0.25) is 0 Å². The van der Waals surface area contributed by atoms with Crippen LogP contribution in [0.2, 0.25) is 0 Å². The number of anilines is 1. The van der Waals surface area contributed by atoms with Gasteiger partial charge in [-0.2, -0.15) is 0 Å². The third kappa shape index (κ3) is 4.47. The first-order valence-corrected chi connectivity index (χ1v) is 6.56. The van der Waals surface area contributed by atoms with Crippen molar-refractivity contribution in [2.45, 2.75) is 26.7 Å². The van der Waals surface area contributed by atoms with Gasteiger partial charge < -0.3 is 15.4 Å². The van der Waals surface area contributed by atoms with Crippen molar-refractivity contribution in [1.82, 2.24) is 0 Å². The maximum Gasteiger partial charge on any atom is 0.120 e. The van der Waals surface area contributed by atoms with Crippen LogP contribution in [0.4, 0.5) is 5.69 Å². The summed E-state index contributed by atoms with van der Waals surface area (Å²) in [5.74, 6) is 1.13. The van der Waals surface area contributed by atoms with E-state index in [9.17, 15) is 0 Å². The van der Waals surface area contributed by atoms with Crippen molar-refractivity contribution < 1.29 is 4.74 Å². The highest BCUT2D eigenvalue weighted by molar-refractivity contribution is 5.82. The van der Waals surface area contributed by atoms with Gasteiger partial charge in [0.15, 0.2) is 0 Å². The molecule has 0 aliphatic heterocycles. The van der Waals surface area contributed by atoms with Crippen LogP contribution >= 0.6 is 0 Å². The number of amidine groups is 1. The van der Waals surface area contributed by atoms with E-state index in [1.165, 1.54) is 0 Å². The minimum atomic E-state index is -0.213. The number of ether oxygens (including phenoxy) is 1. The topological polar surface area (TPSA) is 62.3 Å². The van der Waals surface area contributed by atoms with Crippen LogP contribution < -0.4 is 15.4 Å². The Labute approximate surface area is 116 Å². The Balaban J connectivity index is 2.51. The van der Waals surface area contributed by atoms with Gasteiger partial charge in [-0.3, -0.25) is 5.41 Å². The summed E-state index contributed by atoms with van der Waals surface area (Å²) in [6.45, 7) is 4.96. The molecule has 4 nitrogen and oxygen atoms in total. The van der Waals surface area contributed by atoms with Crippen molar-refractivity contribution in [3.8, 4) is 5.75 Å². The Morgan fingerprint density at radius 3 is 2.68 bits per heavy atom. The Bertz CT molecular complexity index is 429. The van der Waals surface area contributed by atoms with E-state index in [-0.39, 0.29) is 11.3 Å². The van der Waals surface area contributed by atoms with E-state index >= 15 is 0 Å². The molecule has 0 saturated carbocycles. The van der Waals surface area contributed by atoms with Gasteiger partial charge >= 0.3 is 0 Å². The highest BCUT2D eigenvalue weighted by Gasteiger charge is 2.21. The van der Waals surface area contributed by atoms with Crippen molar-refractivity contribution in [2.75, 3.05) is 25.6 Å². The van der Waals surface area contributed by atoms with Crippen LogP contribution in [-0.4, -0.2) is 26.5 Å². The molecule has 0 spiro atoms. The van der Waals surface area contributed by atoms with Crippen LogP contribution in [0.1, 0.15) is 26.7 Å². The van der Waals surface area contributed by atoms with Crippen molar-refractivity contribution >= 4 is 11.5 Å². The summed E-state index contributed by atoms with van der Waals surface area (Å²) in [5.41, 5.74) is 6.52. The molecule has 106 valence electrons. The van der Waals surface area contributed by atoms with Crippen molar-refractivity contribution in [3.63, 3.8) is 0 Å². The molecule has 3 N–H and O–H groups in total. The Hall–Kier alpha value is -1.71. The van der Waals surface area contributed by atoms with E-state index in [1.807, 2.05) is 32.0 Å². The maximum absolute atomic E-state index is 7.55. The van der Waals surface area contributed by atoms with Crippen molar-refractivity contribution in [3.05, 3.63) is 24.3 Å². The number of nitrogens with one attached hydrogen (secondary N) is 1. The van der Waals surface area contributed by atoms with E-state index in [0.29, 0.717) is 0 Å². The minimum absolute atomic E-state index is 0.213. The van der Waals surface area contributed by atoms with Crippen molar-refractivity contribution in [1.29, 1.82) is 5.41 Å². The van der Waals surface area contributed by atoms with Crippen LogP contribution in [-0.2, 0) is 0 Å². The molecule has 1 aromatic rings. The van der Waals surface area contributed by atoms with E-state index < -0.39 is 0 Å². The van der Waals surface area contributed by atoms with Gasteiger partial charge in [-0.05, 0) is 25.0 Å². The molecular formula is C15H25N3O. The highest BCUT2D eigenvalue weighted by atomic mass is 16.5. The van der Waals surface area contributed by atoms with Gasteiger partial charge in [-0.25, -0.2) is 0 Å². The maximum atomic E-state index is 7.55. The fourth-order valence-electron chi connectivity index (χ4n) is 1.87. The monoisotopic (exact) mass is 263 g/mol. The molecule has 4 heteroatoms. The minimum Gasteiger partial charge on any atom is -0.497 e. The van der Waals surface area contributed by atoms with Gasteiger partial charge in [0.25, 0.3) is 0 Å². The van der Waals surface area contributed by atoms with Gasteiger partial charge in [0.05, 0.1) is 12.9 Å². The smallest absolute Gasteiger partial charge is 0.120 e. The molecule has 1 aromatic carbocycles. The Kier molecular flexibility index (Phi) is 5.21. The van der Waals surface area contributed by atoms with E-state index in [2.05, 4.69) is 18.0 Å². The number of hydrogen-bond acceptors (Lipinski definition) is 3. The third-order valence-corrected chi connectivity index (χ3v) is 3.52. The number of rotatable bonds is 7. The average molecular weight is 263 g/mol. The molecule has 0 aromatic heterocycles. The lowest BCUT2D eigenvalue weighted by Crippen LogP contribution is -2.31. The zero-order valence-electron chi connectivity index (χ0n) is 12.4. The fourth-order valence-corrected chi connectivity index (χ4v) is 1.87. The molecule has 0 aliphatic carbocycles. The predicted octanol–water partition coefficient (Wildman–Crippen LogP) is 2.87. The lowest BCUT2D eigenvalue weighted by Gasteiger charge is -2.25. The molecule has 0 heterocycles. The van der Waals surface area contributed by atoms with Gasteiger partial charge in [0, 0.05) is 30.8 Å². The summed E-state index contributed by atoms with van der Waals surface area (Å²) < 4.78 is 5.22. The Morgan fingerprint density at radius 2 is 2.11 bits per heavy atom. The van der Waals surface area contributed by atoms with Crippen LogP contribution in [0.25, 0.3) is 0 Å². The number of nitrogens with two attached hydrogens (primary N) is 1. The van der Waals surface area contributed by atoms with Crippen LogP contribution in [0.5, 0.6) is 5.75 Å². The number of nitrogens with zero attached hydrogens (tertiary/aromatic N) is 1. The zero-order valence-corrected chi connectivity index (χ0v) is 12.4. The van der Waals surface area contributed by atoms with E-state index in [0.717, 1.165) is 30.8 Å². The van der Waals surface area contributed by atoms with Crippen molar-refractivity contribution in [2.24, 2.45) is 11.1 Å². The summed E-state index contributed by atoms with van der Waals surface area (Å²) >= 11 is 0. The quantitative estimate of drug-likeness (QED) is 0.587. The molecule has 0 unspecified atom stereocenters. The van der Waals surface area contributed by atoms with Gasteiger partial charge in [0.1, 0.15) is 5.75 Å². The number of methoxy groups -OCH3 is 1. The third-order valence-electron chi connectivity index (χ3n) is 3.52. The normalized spacial score (nSPS) is 11.2. The standard InChI is InChI=1S/C15H25N3O/c1-15(2,14(16)17)9-6-10-18(3)12-7-5-8-13(11-12)19-4/h5,7-8,11H,6,9-10H2,1-4H3,(H3,16,17). The Morgan fingerprint density at radius 1 is 1.42 bits per heavy atom. The number of hydrogen-bond donors (Lipinski definition) is 2. The van der Waals surface area contributed by atoms with Crippen LogP contribution in [0.3, 0.4) is 0 Å². The zero-order chi connectivity index (χ0) is 14.5. The molecule has 1 rings (SSSR count). The average Bonchev–Trinajstić information content (AvgIpc) is 2.38. The second-order valence-corrected chi connectivity index (χ2v) is 5.52. The SMILES string of the molecule is COc1cccc(N(C)CCCC(C)(C)C(=N)N)c1.